The maximum Gasteiger partial charge on any atom is 0.336 e. The third kappa shape index (κ3) is 4.60. The van der Waals surface area contributed by atoms with E-state index in [-0.39, 0.29) is 5.78 Å². The Balaban J connectivity index is 1.62. The summed E-state index contributed by atoms with van der Waals surface area (Å²) < 4.78 is 18.3. The van der Waals surface area contributed by atoms with Crippen molar-refractivity contribution in [1.29, 1.82) is 0 Å². The number of benzene rings is 3. The van der Waals surface area contributed by atoms with Gasteiger partial charge in [-0.05, 0) is 66.6 Å². The number of hydrogen-bond donors (Lipinski definition) is 1. The fourth-order valence-corrected chi connectivity index (χ4v) is 5.94. The molecule has 7 heteroatoms. The number of allylic oxidation sites excluding steroid dienone is 2. The fraction of sp³-hybridized carbons (Fsp3) is 0.226. The summed E-state index contributed by atoms with van der Waals surface area (Å²) in [7, 11) is 1.35. The van der Waals surface area contributed by atoms with Gasteiger partial charge in [0.2, 0.25) is 0 Å². The molecule has 1 atom stereocenters. The molecule has 1 N–H and O–H groups in total. The first-order valence-corrected chi connectivity index (χ1v) is 13.5. The molecule has 6 nitrogen and oxygen atoms in total. The Morgan fingerprint density at radius 3 is 2.47 bits per heavy atom. The van der Waals surface area contributed by atoms with Gasteiger partial charge in [-0.25, -0.2) is 4.79 Å². The Morgan fingerprint density at radius 1 is 1.00 bits per heavy atom. The van der Waals surface area contributed by atoms with Crippen LogP contribution in [0.4, 0.5) is 0 Å². The van der Waals surface area contributed by atoms with Gasteiger partial charge in [0.15, 0.2) is 17.3 Å². The lowest BCUT2D eigenvalue weighted by atomic mass is 9.79. The minimum Gasteiger partial charge on any atom is -0.490 e. The number of Topliss-reactive ketones (excluding diaryl/α,β-unsaturated/α-hetero) is 1. The molecular weight excluding hydrogens is 593 g/mol. The van der Waals surface area contributed by atoms with Gasteiger partial charge in [0, 0.05) is 28.3 Å². The lowest BCUT2D eigenvalue weighted by Crippen LogP contribution is -2.29. The van der Waals surface area contributed by atoms with Crippen LogP contribution in [0.25, 0.3) is 5.70 Å². The van der Waals surface area contributed by atoms with Crippen LogP contribution in [0.5, 0.6) is 11.5 Å². The maximum atomic E-state index is 13.7. The second-order valence-electron chi connectivity index (χ2n) is 9.29. The molecule has 0 amide bonds. The molecule has 5 rings (SSSR count). The monoisotopic (exact) mass is 621 g/mol. The first kappa shape index (κ1) is 26.0. The van der Waals surface area contributed by atoms with Crippen LogP contribution in [-0.2, 0) is 16.1 Å². The summed E-state index contributed by atoms with van der Waals surface area (Å²) in [6.07, 6.45) is 0. The average Bonchev–Trinajstić information content (AvgIpc) is 3.18. The highest BCUT2D eigenvalue weighted by Gasteiger charge is 2.43. The smallest absolute Gasteiger partial charge is 0.336 e. The zero-order valence-corrected chi connectivity index (χ0v) is 23.8. The van der Waals surface area contributed by atoms with E-state index in [9.17, 15) is 9.59 Å². The molecule has 194 valence electrons. The fourth-order valence-electron chi connectivity index (χ4n) is 5.16. The van der Waals surface area contributed by atoms with Crippen molar-refractivity contribution in [3.63, 3.8) is 0 Å². The van der Waals surface area contributed by atoms with Crippen LogP contribution in [-0.4, -0.2) is 25.5 Å². The van der Waals surface area contributed by atoms with Gasteiger partial charge in [-0.15, -0.1) is 0 Å². The van der Waals surface area contributed by atoms with Crippen LogP contribution >= 0.6 is 22.6 Å². The number of carbonyl (C=O) groups excluding carboxylic acids is 2. The zero-order valence-electron chi connectivity index (χ0n) is 21.7. The molecule has 0 fully saturated rings. The van der Waals surface area contributed by atoms with Crippen molar-refractivity contribution >= 4 is 40.0 Å². The van der Waals surface area contributed by atoms with Crippen molar-refractivity contribution in [2.45, 2.75) is 33.3 Å². The van der Waals surface area contributed by atoms with Gasteiger partial charge in [-0.1, -0.05) is 54.1 Å². The first-order chi connectivity index (χ1) is 18.3. The molecule has 0 saturated heterocycles. The highest BCUT2D eigenvalue weighted by molar-refractivity contribution is 14.1. The lowest BCUT2D eigenvalue weighted by Gasteiger charge is -2.29. The van der Waals surface area contributed by atoms with E-state index in [1.54, 1.807) is 0 Å². The van der Waals surface area contributed by atoms with Crippen LogP contribution in [0.1, 0.15) is 52.4 Å². The average molecular weight is 621 g/mol. The van der Waals surface area contributed by atoms with Crippen LogP contribution in [0.2, 0.25) is 0 Å². The van der Waals surface area contributed by atoms with Gasteiger partial charge in [0.25, 0.3) is 0 Å². The number of halogens is 1. The van der Waals surface area contributed by atoms with Crippen LogP contribution < -0.4 is 14.8 Å². The number of methoxy groups -OCH3 is 1. The molecule has 0 radical (unpaired) electrons. The molecule has 2 aliphatic rings. The molecule has 38 heavy (non-hydrogen) atoms. The van der Waals surface area contributed by atoms with Crippen molar-refractivity contribution in [3.05, 3.63) is 109 Å². The number of esters is 1. The molecule has 0 bridgehead atoms. The predicted octanol–water partition coefficient (Wildman–Crippen LogP) is 6.32. The van der Waals surface area contributed by atoms with Crippen LogP contribution in [0, 0.1) is 10.5 Å². The summed E-state index contributed by atoms with van der Waals surface area (Å²) in [4.78, 5) is 26.8. The van der Waals surface area contributed by atoms with E-state index in [1.807, 2.05) is 75.4 Å². The van der Waals surface area contributed by atoms with Crippen molar-refractivity contribution < 1.29 is 23.8 Å². The SMILES string of the molecule is CCOc1cc([C@H]2C(C(=O)OC)=C(C)NC3=C2C(=O)c2ccccc23)cc(I)c1OCc1cccc(C)c1. The van der Waals surface area contributed by atoms with Crippen molar-refractivity contribution in [3.8, 4) is 11.5 Å². The molecule has 0 unspecified atom stereocenters. The number of aryl methyl sites for hydroxylation is 1. The molecule has 0 spiro atoms. The molecule has 3 aromatic carbocycles. The van der Waals surface area contributed by atoms with E-state index in [2.05, 4.69) is 34.0 Å². The number of dihydropyridines is 1. The normalized spacial score (nSPS) is 16.1. The Labute approximate surface area is 235 Å². The molecule has 0 saturated carbocycles. The molecular formula is C31H28INO5. The molecule has 1 aliphatic heterocycles. The van der Waals surface area contributed by atoms with E-state index < -0.39 is 11.9 Å². The highest BCUT2D eigenvalue weighted by Crippen LogP contribution is 2.48. The summed E-state index contributed by atoms with van der Waals surface area (Å²) in [6.45, 7) is 6.62. The van der Waals surface area contributed by atoms with Crippen molar-refractivity contribution in [2.24, 2.45) is 0 Å². The van der Waals surface area contributed by atoms with Gasteiger partial charge < -0.3 is 19.5 Å². The van der Waals surface area contributed by atoms with Gasteiger partial charge in [0.05, 0.1) is 28.6 Å². The maximum absolute atomic E-state index is 13.7. The number of hydrogen-bond acceptors (Lipinski definition) is 6. The summed E-state index contributed by atoms with van der Waals surface area (Å²) in [5.41, 5.74) is 6.74. The van der Waals surface area contributed by atoms with Gasteiger partial charge in [0.1, 0.15) is 6.61 Å². The number of ether oxygens (including phenoxy) is 3. The second kappa shape index (κ2) is 10.6. The Bertz CT molecular complexity index is 1520. The van der Waals surface area contributed by atoms with Gasteiger partial charge in [-0.3, -0.25) is 4.79 Å². The summed E-state index contributed by atoms with van der Waals surface area (Å²) in [5, 5.41) is 3.32. The van der Waals surface area contributed by atoms with Crippen molar-refractivity contribution in [2.75, 3.05) is 13.7 Å². The van der Waals surface area contributed by atoms with E-state index >= 15 is 0 Å². The second-order valence-corrected chi connectivity index (χ2v) is 10.5. The quantitative estimate of drug-likeness (QED) is 0.246. The summed E-state index contributed by atoms with van der Waals surface area (Å²) >= 11 is 2.23. The minimum absolute atomic E-state index is 0.102. The Hall–Kier alpha value is -3.59. The number of ketones is 1. The van der Waals surface area contributed by atoms with E-state index in [4.69, 9.17) is 14.2 Å². The van der Waals surface area contributed by atoms with Crippen LogP contribution in [0.15, 0.2) is 77.5 Å². The van der Waals surface area contributed by atoms with Crippen molar-refractivity contribution in [1.82, 2.24) is 5.32 Å². The number of fused-ring (bicyclic) bond motifs is 2. The first-order valence-electron chi connectivity index (χ1n) is 12.4. The van der Waals surface area contributed by atoms with E-state index in [0.29, 0.717) is 47.1 Å². The molecule has 1 heterocycles. The Kier molecular flexibility index (Phi) is 7.29. The molecule has 3 aromatic rings. The molecule has 0 aromatic heterocycles. The number of rotatable bonds is 7. The zero-order chi connectivity index (χ0) is 27.0. The summed E-state index contributed by atoms with van der Waals surface area (Å²) in [6, 6.07) is 19.5. The van der Waals surface area contributed by atoms with E-state index in [1.165, 1.54) is 7.11 Å². The summed E-state index contributed by atoms with van der Waals surface area (Å²) in [5.74, 6) is -0.0234. The minimum atomic E-state index is -0.628. The molecule has 1 aliphatic carbocycles. The number of nitrogens with one attached hydrogen (secondary N) is 1. The van der Waals surface area contributed by atoms with Gasteiger partial charge in [-0.2, -0.15) is 0 Å². The van der Waals surface area contributed by atoms with E-state index in [0.717, 1.165) is 31.5 Å². The lowest BCUT2D eigenvalue weighted by molar-refractivity contribution is -0.136. The third-order valence-electron chi connectivity index (χ3n) is 6.78. The number of carbonyl (C=O) groups is 2. The van der Waals surface area contributed by atoms with Gasteiger partial charge >= 0.3 is 5.97 Å². The largest absolute Gasteiger partial charge is 0.490 e. The van der Waals surface area contributed by atoms with Crippen LogP contribution in [0.3, 0.4) is 0 Å². The Morgan fingerprint density at radius 2 is 1.76 bits per heavy atom. The topological polar surface area (TPSA) is 73.9 Å². The predicted molar refractivity (Wildman–Crippen MR) is 154 cm³/mol. The highest BCUT2D eigenvalue weighted by atomic mass is 127. The third-order valence-corrected chi connectivity index (χ3v) is 7.59. The standard InChI is InChI=1S/C31H28INO5/c1-5-37-24-15-20(14-23(32)30(24)38-16-19-10-8-9-17(2)13-19)26-25(31(35)36-4)18(3)33-28-21-11-6-7-12-22(21)29(34)27(26)28/h6-15,26,33H,5,16H2,1-4H3/t26-/m0/s1.